The van der Waals surface area contributed by atoms with E-state index in [2.05, 4.69) is 31.9 Å². The quantitative estimate of drug-likeness (QED) is 0.214. The number of halogens is 8. The molecule has 0 bridgehead atoms. The van der Waals surface area contributed by atoms with E-state index in [1.165, 1.54) is 12.1 Å². The van der Waals surface area contributed by atoms with Gasteiger partial charge < -0.3 is 9.80 Å². The van der Waals surface area contributed by atoms with Gasteiger partial charge in [0, 0.05) is 46.0 Å². The minimum atomic E-state index is -6.17. The molecule has 34 heavy (non-hydrogen) atoms. The van der Waals surface area contributed by atoms with Crippen LogP contribution in [-0.4, -0.2) is 56.9 Å². The third-order valence-corrected chi connectivity index (χ3v) is 5.04. The van der Waals surface area contributed by atoms with Gasteiger partial charge >= 0.3 is 11.6 Å². The Balaban J connectivity index is 0.000000537. The van der Waals surface area contributed by atoms with Crippen molar-refractivity contribution in [2.45, 2.75) is 18.8 Å². The van der Waals surface area contributed by atoms with Gasteiger partial charge in [-0.25, -0.2) is 8.78 Å². The summed E-state index contributed by atoms with van der Waals surface area (Å²) in [6, 6.07) is 13.8. The number of Topliss-reactive ketones (excluding diaryl/α,β-unsaturated/α-hetero) is 1. The molecule has 0 radical (unpaired) electrons. The third-order valence-electron chi connectivity index (χ3n) is 4.05. The lowest BCUT2D eigenvalue weighted by Gasteiger charge is -2.19. The summed E-state index contributed by atoms with van der Waals surface area (Å²) in [5.41, 5.74) is 0.847. The number of carbonyl (C=O) groups excluding carboxylic acids is 1. The van der Waals surface area contributed by atoms with Crippen LogP contribution in [0.25, 0.3) is 0 Å². The van der Waals surface area contributed by atoms with Crippen LogP contribution < -0.4 is 0 Å². The summed E-state index contributed by atoms with van der Waals surface area (Å²) in [7, 11) is 7.51. The van der Waals surface area contributed by atoms with Crippen LogP contribution in [0.2, 0.25) is 0 Å². The van der Waals surface area contributed by atoms with Crippen LogP contribution in [-0.2, 0) is 5.92 Å². The molecule has 0 heterocycles. The van der Waals surface area contributed by atoms with E-state index in [9.17, 15) is 29.1 Å². The largest absolute Gasteiger partial charge is 0.379 e. The first-order valence-corrected chi connectivity index (χ1v) is 12.7. The summed E-state index contributed by atoms with van der Waals surface area (Å²) in [5.74, 6) is -2.56. The molecule has 0 aliphatic rings. The van der Waals surface area contributed by atoms with Gasteiger partial charge in [-0.2, -0.15) is 0 Å². The lowest BCUT2D eigenvalue weighted by atomic mass is 10.1. The zero-order valence-electron chi connectivity index (χ0n) is 19.2. The second kappa shape index (κ2) is 15.8. The molecule has 12 heteroatoms. The normalized spacial score (nSPS) is 11.9. The predicted octanol–water partition coefficient (Wildman–Crippen LogP) is 8.41. The van der Waals surface area contributed by atoms with Crippen molar-refractivity contribution in [3.63, 3.8) is 0 Å². The molecule has 0 saturated heterocycles. The molecule has 0 amide bonds. The number of alkyl halides is 2. The predicted molar refractivity (Wildman–Crippen MR) is 135 cm³/mol. The Labute approximate surface area is 216 Å². The number of ketones is 1. The monoisotopic (exact) mass is 640 g/mol. The van der Waals surface area contributed by atoms with Crippen molar-refractivity contribution in [3.05, 3.63) is 68.6 Å². The van der Waals surface area contributed by atoms with E-state index in [1.807, 2.05) is 43.3 Å². The van der Waals surface area contributed by atoms with Crippen molar-refractivity contribution < 1.29 is 29.1 Å². The van der Waals surface area contributed by atoms with E-state index in [-0.39, 0.29) is 17.8 Å². The van der Waals surface area contributed by atoms with Gasteiger partial charge in [0.05, 0.1) is 0 Å². The van der Waals surface area contributed by atoms with Crippen molar-refractivity contribution in [1.29, 1.82) is 0 Å². The zero-order valence-corrected chi connectivity index (χ0v) is 23.2. The van der Waals surface area contributed by atoms with Gasteiger partial charge in [0.15, 0.2) is 5.78 Å². The highest BCUT2D eigenvalue weighted by Crippen LogP contribution is 2.54. The van der Waals surface area contributed by atoms with E-state index in [4.69, 9.17) is 0 Å². The highest BCUT2D eigenvalue weighted by molar-refractivity contribution is 9.10. The van der Waals surface area contributed by atoms with Gasteiger partial charge in [-0.15, -0.1) is 0 Å². The fourth-order valence-corrected chi connectivity index (χ4v) is 3.15. The maximum atomic E-state index is 13.6. The van der Waals surface area contributed by atoms with Gasteiger partial charge in [-0.05, 0) is 52.5 Å². The fourth-order valence-electron chi connectivity index (χ4n) is 2.36. The summed E-state index contributed by atoms with van der Waals surface area (Å²) in [6.07, 6.45) is 0.417. The Kier molecular flexibility index (Phi) is 15.3. The van der Waals surface area contributed by atoms with Crippen molar-refractivity contribution in [2.75, 3.05) is 41.3 Å². The molecule has 0 unspecified atom stereocenters. The first kappa shape index (κ1) is 32.9. The van der Waals surface area contributed by atoms with Gasteiger partial charge in [-0.3, -0.25) is 4.79 Å². The van der Waals surface area contributed by atoms with E-state index >= 15 is 0 Å². The molecule has 0 atom stereocenters. The van der Waals surface area contributed by atoms with Crippen molar-refractivity contribution >= 4 is 49.2 Å². The molecule has 194 valence electrons. The standard InChI is InChI=1S/C11H14BrF2N.C11H14BrNO.F4S/c1-15(2)7-6-11(13,14)9-4-3-5-10(12)8-9;1-13(2)7-6-11(14)9-4-3-5-10(12)8-9;1-5(2,3)4/h3-5,8H,6-7H2,1-2H3;3-5,8H,6-7H2,1-2H3;. The maximum Gasteiger partial charge on any atom is 0.379 e. The molecule has 2 rings (SSSR count). The van der Waals surface area contributed by atoms with Crippen LogP contribution >= 0.6 is 43.4 Å². The Morgan fingerprint density at radius 1 is 0.853 bits per heavy atom. The molecule has 0 aliphatic heterocycles. The Hall–Kier alpha value is -1.08. The maximum absolute atomic E-state index is 13.6. The second-order valence-electron chi connectivity index (χ2n) is 7.60. The molecule has 2 aromatic carbocycles. The molecular formula is C22H28Br2F6N2OS. The molecule has 0 aromatic heterocycles. The van der Waals surface area contributed by atoms with E-state index in [0.29, 0.717) is 17.4 Å². The third kappa shape index (κ3) is 17.4. The van der Waals surface area contributed by atoms with Gasteiger partial charge in [0.25, 0.3) is 5.92 Å². The van der Waals surface area contributed by atoms with Crippen LogP contribution in [0, 0.1) is 0 Å². The highest BCUT2D eigenvalue weighted by Gasteiger charge is 2.31. The van der Waals surface area contributed by atoms with Crippen LogP contribution in [0.15, 0.2) is 57.5 Å². The smallest absolute Gasteiger partial charge is 0.309 e. The number of hydrogen-bond donors (Lipinski definition) is 0. The van der Waals surface area contributed by atoms with Crippen molar-refractivity contribution in [1.82, 2.24) is 9.80 Å². The first-order chi connectivity index (χ1) is 15.5. The summed E-state index contributed by atoms with van der Waals surface area (Å²) in [5, 5.41) is 0. The Bertz CT molecular complexity index is 876. The zero-order chi connectivity index (χ0) is 26.5. The summed E-state index contributed by atoms with van der Waals surface area (Å²) in [6.45, 7) is 1.17. The van der Waals surface area contributed by atoms with Crippen LogP contribution in [0.1, 0.15) is 28.8 Å². The minimum absolute atomic E-state index is 0.0683. The summed E-state index contributed by atoms with van der Waals surface area (Å²) in [4.78, 5) is 15.4. The Morgan fingerprint density at radius 2 is 1.32 bits per heavy atom. The lowest BCUT2D eigenvalue weighted by molar-refractivity contribution is -0.0188. The van der Waals surface area contributed by atoms with E-state index < -0.39 is 17.5 Å². The average Bonchev–Trinajstić information content (AvgIpc) is 2.70. The lowest BCUT2D eigenvalue weighted by Crippen LogP contribution is -2.22. The topological polar surface area (TPSA) is 23.6 Å². The molecule has 0 fully saturated rings. The Morgan fingerprint density at radius 3 is 1.76 bits per heavy atom. The summed E-state index contributed by atoms with van der Waals surface area (Å²) < 4.78 is 68.0. The van der Waals surface area contributed by atoms with Crippen LogP contribution in [0.5, 0.6) is 0 Å². The fraction of sp³-hybridized carbons (Fsp3) is 0.409. The van der Waals surface area contributed by atoms with Crippen LogP contribution in [0.3, 0.4) is 0 Å². The molecular weight excluding hydrogens is 614 g/mol. The van der Waals surface area contributed by atoms with Gasteiger partial charge in [0.1, 0.15) is 0 Å². The average molecular weight is 642 g/mol. The number of nitrogens with zero attached hydrogens (tertiary/aromatic N) is 2. The molecule has 0 aliphatic carbocycles. The van der Waals surface area contributed by atoms with Crippen molar-refractivity contribution in [3.8, 4) is 0 Å². The first-order valence-electron chi connectivity index (χ1n) is 9.85. The summed E-state index contributed by atoms with van der Waals surface area (Å²) >= 11 is 0.372. The highest BCUT2D eigenvalue weighted by atomic mass is 79.9. The minimum Gasteiger partial charge on any atom is -0.309 e. The van der Waals surface area contributed by atoms with E-state index in [1.54, 1.807) is 31.1 Å². The SMILES string of the molecule is CN(C)CCC(=O)c1cccc(Br)c1.CN(C)CCC(F)(F)c1cccc(Br)c1.FS(F)(F)F. The number of rotatable bonds is 8. The molecule has 2 aromatic rings. The molecule has 3 nitrogen and oxygen atoms in total. The van der Waals surface area contributed by atoms with Gasteiger partial charge in [0.2, 0.25) is 0 Å². The number of carbonyl (C=O) groups is 1. The second-order valence-corrected chi connectivity index (χ2v) is 10.1. The number of benzene rings is 2. The molecule has 0 saturated carbocycles. The van der Waals surface area contributed by atoms with Gasteiger partial charge in [-0.1, -0.05) is 71.7 Å². The molecule has 0 N–H and O–H groups in total. The number of hydrogen-bond acceptors (Lipinski definition) is 3. The van der Waals surface area contributed by atoms with Crippen molar-refractivity contribution in [2.24, 2.45) is 0 Å². The molecule has 0 spiro atoms. The van der Waals surface area contributed by atoms with Crippen LogP contribution in [0.4, 0.5) is 24.3 Å². The van der Waals surface area contributed by atoms with E-state index in [0.717, 1.165) is 16.6 Å².